The maximum absolute atomic E-state index is 11.2. The van der Waals surface area contributed by atoms with Crippen LogP contribution in [0.25, 0.3) is 0 Å². The molecule has 0 aromatic rings. The highest BCUT2D eigenvalue weighted by molar-refractivity contribution is 5.69. The van der Waals surface area contributed by atoms with Crippen molar-refractivity contribution in [2.24, 2.45) is 5.92 Å². The summed E-state index contributed by atoms with van der Waals surface area (Å²) < 4.78 is 4.71. The summed E-state index contributed by atoms with van der Waals surface area (Å²) in [6, 6.07) is 0.922. The molecular formula is C14H28N2O3. The average Bonchev–Trinajstić information content (AvgIpc) is 2.42. The van der Waals surface area contributed by atoms with Gasteiger partial charge in [-0.15, -0.1) is 0 Å². The lowest BCUT2D eigenvalue weighted by atomic mass is 9.89. The molecule has 1 rings (SSSR count). The van der Waals surface area contributed by atoms with Crippen molar-refractivity contribution in [1.82, 2.24) is 10.2 Å². The molecule has 2 unspecified atom stereocenters. The second kappa shape index (κ2) is 8.51. The highest BCUT2D eigenvalue weighted by atomic mass is 16.5. The van der Waals surface area contributed by atoms with E-state index in [1.165, 1.54) is 7.11 Å². The van der Waals surface area contributed by atoms with Crippen LogP contribution < -0.4 is 5.32 Å². The standard InChI is InChI=1S/C14H28N2O3/c1-11(2)16-9-12(4-5-14(18)19-3)8-13(10-16)15-6-7-17/h11-13,15,17H,4-10H2,1-3H3. The number of aliphatic hydroxyl groups is 1. The SMILES string of the molecule is COC(=O)CCC1CC(NCCO)CN(C(C)C)C1. The molecule has 5 nitrogen and oxygen atoms in total. The molecule has 2 N–H and O–H groups in total. The molecule has 0 radical (unpaired) electrons. The van der Waals surface area contributed by atoms with E-state index in [2.05, 4.69) is 24.1 Å². The fraction of sp³-hybridized carbons (Fsp3) is 0.929. The molecule has 0 saturated carbocycles. The molecule has 1 fully saturated rings. The summed E-state index contributed by atoms with van der Waals surface area (Å²) in [5, 5.41) is 12.3. The number of likely N-dealkylation sites (tertiary alicyclic amines) is 1. The molecule has 0 bridgehead atoms. The largest absolute Gasteiger partial charge is 0.469 e. The average molecular weight is 272 g/mol. The number of rotatable bonds is 7. The van der Waals surface area contributed by atoms with E-state index in [-0.39, 0.29) is 12.6 Å². The minimum absolute atomic E-state index is 0.124. The van der Waals surface area contributed by atoms with Crippen molar-refractivity contribution in [1.29, 1.82) is 0 Å². The monoisotopic (exact) mass is 272 g/mol. The minimum atomic E-state index is -0.124. The molecule has 0 aromatic heterocycles. The highest BCUT2D eigenvalue weighted by Gasteiger charge is 2.28. The summed E-state index contributed by atoms with van der Waals surface area (Å²) in [6.45, 7) is 7.28. The summed E-state index contributed by atoms with van der Waals surface area (Å²) >= 11 is 0. The third kappa shape index (κ3) is 5.89. The first-order chi connectivity index (χ1) is 9.06. The predicted molar refractivity (Wildman–Crippen MR) is 74.9 cm³/mol. The third-order valence-electron chi connectivity index (χ3n) is 3.82. The van der Waals surface area contributed by atoms with E-state index >= 15 is 0 Å². The van der Waals surface area contributed by atoms with Crippen molar-refractivity contribution in [3.63, 3.8) is 0 Å². The quantitative estimate of drug-likeness (QED) is 0.665. The van der Waals surface area contributed by atoms with Crippen LogP contribution in [-0.2, 0) is 9.53 Å². The van der Waals surface area contributed by atoms with Gasteiger partial charge in [-0.2, -0.15) is 0 Å². The molecule has 112 valence electrons. The van der Waals surface area contributed by atoms with Gasteiger partial charge < -0.3 is 15.2 Å². The number of aliphatic hydroxyl groups excluding tert-OH is 1. The molecule has 0 aliphatic carbocycles. The fourth-order valence-electron chi connectivity index (χ4n) is 2.71. The summed E-state index contributed by atoms with van der Waals surface area (Å²) in [5.74, 6) is 0.396. The van der Waals surface area contributed by atoms with Gasteiger partial charge in [0.1, 0.15) is 0 Å². The summed E-state index contributed by atoms with van der Waals surface area (Å²) in [6.07, 6.45) is 2.45. The second-order valence-electron chi connectivity index (χ2n) is 5.64. The Morgan fingerprint density at radius 1 is 1.47 bits per heavy atom. The van der Waals surface area contributed by atoms with Crippen LogP contribution in [0.3, 0.4) is 0 Å². The first-order valence-corrected chi connectivity index (χ1v) is 7.22. The van der Waals surface area contributed by atoms with Crippen molar-refractivity contribution < 1.29 is 14.6 Å². The first-order valence-electron chi connectivity index (χ1n) is 7.22. The Kier molecular flexibility index (Phi) is 7.34. The number of hydrogen-bond donors (Lipinski definition) is 2. The number of hydrogen-bond acceptors (Lipinski definition) is 5. The van der Waals surface area contributed by atoms with Gasteiger partial charge >= 0.3 is 5.97 Å². The Labute approximate surface area is 116 Å². The van der Waals surface area contributed by atoms with Gasteiger partial charge in [0.05, 0.1) is 13.7 Å². The molecule has 0 spiro atoms. The zero-order chi connectivity index (χ0) is 14.3. The number of carbonyl (C=O) groups is 1. The Morgan fingerprint density at radius 2 is 2.21 bits per heavy atom. The molecule has 2 atom stereocenters. The van der Waals surface area contributed by atoms with E-state index in [0.29, 0.717) is 31.0 Å². The number of esters is 1. The van der Waals surface area contributed by atoms with Gasteiger partial charge in [0.15, 0.2) is 0 Å². The maximum atomic E-state index is 11.2. The van der Waals surface area contributed by atoms with Crippen molar-refractivity contribution in [3.8, 4) is 0 Å². The third-order valence-corrected chi connectivity index (χ3v) is 3.82. The molecule has 1 saturated heterocycles. The molecule has 1 heterocycles. The first kappa shape index (κ1) is 16.4. The van der Waals surface area contributed by atoms with Crippen LogP contribution in [0.2, 0.25) is 0 Å². The van der Waals surface area contributed by atoms with E-state index in [9.17, 15) is 4.79 Å². The van der Waals surface area contributed by atoms with Crippen LogP contribution in [0.4, 0.5) is 0 Å². The lowest BCUT2D eigenvalue weighted by molar-refractivity contribution is -0.141. The summed E-state index contributed by atoms with van der Waals surface area (Å²) in [7, 11) is 1.44. The van der Waals surface area contributed by atoms with Gasteiger partial charge in [0.2, 0.25) is 0 Å². The van der Waals surface area contributed by atoms with Crippen LogP contribution >= 0.6 is 0 Å². The highest BCUT2D eigenvalue weighted by Crippen LogP contribution is 2.23. The van der Waals surface area contributed by atoms with Crippen LogP contribution in [0, 0.1) is 5.92 Å². The van der Waals surface area contributed by atoms with Crippen LogP contribution in [0.1, 0.15) is 33.1 Å². The number of nitrogens with zero attached hydrogens (tertiary/aromatic N) is 1. The van der Waals surface area contributed by atoms with Crippen LogP contribution in [-0.4, -0.2) is 61.4 Å². The van der Waals surface area contributed by atoms with Gasteiger partial charge in [0, 0.05) is 38.1 Å². The molecule has 0 aromatic carbocycles. The Hall–Kier alpha value is -0.650. The molecule has 5 heteroatoms. The smallest absolute Gasteiger partial charge is 0.305 e. The van der Waals surface area contributed by atoms with E-state index in [0.717, 1.165) is 25.9 Å². The van der Waals surface area contributed by atoms with Crippen molar-refractivity contribution in [2.75, 3.05) is 33.4 Å². The summed E-state index contributed by atoms with van der Waals surface area (Å²) in [4.78, 5) is 13.7. The lowest BCUT2D eigenvalue weighted by Gasteiger charge is -2.40. The number of methoxy groups -OCH3 is 1. The van der Waals surface area contributed by atoms with E-state index < -0.39 is 0 Å². The predicted octanol–water partition coefficient (Wildman–Crippen LogP) is 0.620. The molecule has 0 amide bonds. The van der Waals surface area contributed by atoms with Crippen LogP contribution in [0.5, 0.6) is 0 Å². The Balaban J connectivity index is 2.47. The molecule has 1 aliphatic heterocycles. The number of carbonyl (C=O) groups excluding carboxylic acids is 1. The summed E-state index contributed by atoms with van der Waals surface area (Å²) in [5.41, 5.74) is 0. The van der Waals surface area contributed by atoms with Gasteiger partial charge in [-0.25, -0.2) is 0 Å². The minimum Gasteiger partial charge on any atom is -0.469 e. The zero-order valence-corrected chi connectivity index (χ0v) is 12.4. The van der Waals surface area contributed by atoms with Crippen molar-refractivity contribution >= 4 is 5.97 Å². The van der Waals surface area contributed by atoms with E-state index in [1.807, 2.05) is 0 Å². The Morgan fingerprint density at radius 3 is 2.79 bits per heavy atom. The molecular weight excluding hydrogens is 244 g/mol. The number of ether oxygens (including phenoxy) is 1. The van der Waals surface area contributed by atoms with Gasteiger partial charge in [0.25, 0.3) is 0 Å². The number of piperidine rings is 1. The second-order valence-corrected chi connectivity index (χ2v) is 5.64. The maximum Gasteiger partial charge on any atom is 0.305 e. The van der Waals surface area contributed by atoms with Gasteiger partial charge in [-0.3, -0.25) is 9.69 Å². The van der Waals surface area contributed by atoms with Crippen molar-refractivity contribution in [3.05, 3.63) is 0 Å². The topological polar surface area (TPSA) is 61.8 Å². The Bertz CT molecular complexity index is 271. The molecule has 1 aliphatic rings. The molecule has 19 heavy (non-hydrogen) atoms. The fourth-order valence-corrected chi connectivity index (χ4v) is 2.71. The van der Waals surface area contributed by atoms with Crippen molar-refractivity contribution in [2.45, 2.75) is 45.2 Å². The lowest BCUT2D eigenvalue weighted by Crippen LogP contribution is -2.51. The van der Waals surface area contributed by atoms with Crippen LogP contribution in [0.15, 0.2) is 0 Å². The van der Waals surface area contributed by atoms with Gasteiger partial charge in [-0.1, -0.05) is 0 Å². The normalized spacial score (nSPS) is 24.7. The number of nitrogens with one attached hydrogen (secondary N) is 1. The van der Waals surface area contributed by atoms with Gasteiger partial charge in [-0.05, 0) is 32.6 Å². The van der Waals surface area contributed by atoms with E-state index in [1.54, 1.807) is 0 Å². The zero-order valence-electron chi connectivity index (χ0n) is 12.4. The van der Waals surface area contributed by atoms with E-state index in [4.69, 9.17) is 9.84 Å².